The van der Waals surface area contributed by atoms with Gasteiger partial charge in [-0.05, 0) is 12.1 Å². The molecule has 0 saturated heterocycles. The molecule has 0 bridgehead atoms. The van der Waals surface area contributed by atoms with Crippen LogP contribution in [0.2, 0.25) is 5.02 Å². The van der Waals surface area contributed by atoms with Crippen molar-refractivity contribution in [1.29, 1.82) is 0 Å². The molecule has 0 radical (unpaired) electrons. The zero-order chi connectivity index (χ0) is 15.8. The second-order valence-corrected chi connectivity index (χ2v) is 4.56. The predicted octanol–water partition coefficient (Wildman–Crippen LogP) is 0.554. The molecule has 0 spiro atoms. The minimum Gasteiger partial charge on any atom is -0.491 e. The molecule has 0 aliphatic carbocycles. The number of nitrogens with one attached hydrogen (secondary N) is 1. The number of aliphatic carboxylic acids is 1. The third kappa shape index (κ3) is 6.13. The topological polar surface area (TPSA) is 119 Å². The molecule has 4 N–H and O–H groups in total. The average molecular weight is 315 g/mol. The summed E-state index contributed by atoms with van der Waals surface area (Å²) in [4.78, 5) is 33.1. The quantitative estimate of drug-likeness (QED) is 0.647. The molecule has 7 nitrogen and oxygen atoms in total. The number of carbonyl (C=O) groups excluding carboxylic acids is 2. The number of hydrogen-bond donors (Lipinski definition) is 3. The number of primary amides is 1. The second kappa shape index (κ2) is 8.11. The van der Waals surface area contributed by atoms with E-state index in [4.69, 9.17) is 27.2 Å². The monoisotopic (exact) mass is 314 g/mol. The molecular formula is C13H15ClN2O5. The van der Waals surface area contributed by atoms with Crippen LogP contribution in [-0.4, -0.2) is 35.5 Å². The second-order valence-electron chi connectivity index (χ2n) is 4.16. The first-order chi connectivity index (χ1) is 9.90. The molecule has 0 fully saturated rings. The summed E-state index contributed by atoms with van der Waals surface area (Å²) in [6, 6.07) is 5.42. The normalized spacial score (nSPS) is 11.5. The summed E-state index contributed by atoms with van der Waals surface area (Å²) < 4.78 is 5.30. The average Bonchev–Trinajstić information content (AvgIpc) is 2.39. The van der Waals surface area contributed by atoms with Crippen LogP contribution in [0.15, 0.2) is 24.3 Å². The van der Waals surface area contributed by atoms with E-state index in [-0.39, 0.29) is 13.0 Å². The summed E-state index contributed by atoms with van der Waals surface area (Å²) in [5.41, 5.74) is 4.91. The van der Waals surface area contributed by atoms with E-state index in [1.165, 1.54) is 0 Å². The number of carboxylic acid groups (broad SMARTS) is 1. The molecule has 2 amide bonds. The number of ether oxygens (including phenoxy) is 1. The van der Waals surface area contributed by atoms with Crippen LogP contribution < -0.4 is 15.8 Å². The van der Waals surface area contributed by atoms with E-state index in [1.807, 2.05) is 0 Å². The van der Waals surface area contributed by atoms with Crippen LogP contribution in [0.25, 0.3) is 0 Å². The Labute approximate surface area is 126 Å². The fourth-order valence-electron chi connectivity index (χ4n) is 1.48. The summed E-state index contributed by atoms with van der Waals surface area (Å²) >= 11 is 5.87. The number of rotatable bonds is 8. The minimum absolute atomic E-state index is 0.0263. The van der Waals surface area contributed by atoms with Crippen molar-refractivity contribution in [2.24, 2.45) is 5.73 Å². The van der Waals surface area contributed by atoms with Crippen LogP contribution in [0.1, 0.15) is 12.8 Å². The van der Waals surface area contributed by atoms with Crippen LogP contribution in [0.5, 0.6) is 5.75 Å². The Morgan fingerprint density at radius 1 is 1.33 bits per heavy atom. The van der Waals surface area contributed by atoms with Crippen molar-refractivity contribution < 1.29 is 24.2 Å². The van der Waals surface area contributed by atoms with Crippen LogP contribution in [-0.2, 0) is 14.4 Å². The summed E-state index contributed by atoms with van der Waals surface area (Å²) in [5, 5.41) is 11.4. The lowest BCUT2D eigenvalue weighted by molar-refractivity contribution is -0.143. The van der Waals surface area contributed by atoms with Gasteiger partial charge in [-0.3, -0.25) is 9.59 Å². The molecule has 1 aromatic carbocycles. The summed E-state index contributed by atoms with van der Waals surface area (Å²) in [6.45, 7) is 0.0263. The minimum atomic E-state index is -1.34. The largest absolute Gasteiger partial charge is 0.491 e. The highest BCUT2D eigenvalue weighted by molar-refractivity contribution is 6.32. The predicted molar refractivity (Wildman–Crippen MR) is 74.9 cm³/mol. The number of nitrogens with two attached hydrogens (primary N) is 1. The van der Waals surface area contributed by atoms with Crippen molar-refractivity contribution in [3.05, 3.63) is 29.3 Å². The Balaban J connectivity index is 2.41. The van der Waals surface area contributed by atoms with Crippen LogP contribution in [0, 0.1) is 0 Å². The molecule has 1 atom stereocenters. The fourth-order valence-corrected chi connectivity index (χ4v) is 1.67. The number of hydrogen-bond acceptors (Lipinski definition) is 4. The van der Waals surface area contributed by atoms with Gasteiger partial charge >= 0.3 is 5.97 Å². The molecule has 1 aromatic rings. The molecule has 0 aliphatic rings. The van der Waals surface area contributed by atoms with Gasteiger partial charge in [0.15, 0.2) is 0 Å². The van der Waals surface area contributed by atoms with Gasteiger partial charge in [0.25, 0.3) is 0 Å². The molecule has 114 valence electrons. The van der Waals surface area contributed by atoms with Crippen molar-refractivity contribution in [2.75, 3.05) is 6.61 Å². The molecular weight excluding hydrogens is 300 g/mol. The molecule has 21 heavy (non-hydrogen) atoms. The smallest absolute Gasteiger partial charge is 0.326 e. The Bertz CT molecular complexity index is 535. The Hall–Kier alpha value is -2.28. The fraction of sp³-hybridized carbons (Fsp3) is 0.308. The van der Waals surface area contributed by atoms with E-state index in [0.29, 0.717) is 10.8 Å². The maximum Gasteiger partial charge on any atom is 0.326 e. The standard InChI is InChI=1S/C13H15ClN2O5/c14-8-3-1-2-4-10(8)21-6-5-12(18)16-9(13(19)20)7-11(15)17/h1-4,9H,5-7H2,(H2,15,17)(H,16,18)(H,19,20)/t9-/m1/s1. The molecule has 0 saturated carbocycles. The van der Waals surface area contributed by atoms with Gasteiger partial charge in [-0.15, -0.1) is 0 Å². The maximum absolute atomic E-state index is 11.6. The van der Waals surface area contributed by atoms with E-state index in [1.54, 1.807) is 24.3 Å². The van der Waals surface area contributed by atoms with Gasteiger partial charge in [0.1, 0.15) is 11.8 Å². The number of para-hydroxylation sites is 1. The first-order valence-corrected chi connectivity index (χ1v) is 6.45. The van der Waals surface area contributed by atoms with Gasteiger partial charge in [-0.25, -0.2) is 4.79 Å². The molecule has 1 rings (SSSR count). The first-order valence-electron chi connectivity index (χ1n) is 6.08. The van der Waals surface area contributed by atoms with Gasteiger partial charge in [0.2, 0.25) is 11.8 Å². The number of amides is 2. The van der Waals surface area contributed by atoms with Crippen LogP contribution in [0.3, 0.4) is 0 Å². The third-order valence-corrected chi connectivity index (χ3v) is 2.77. The Morgan fingerprint density at radius 2 is 2.00 bits per heavy atom. The Morgan fingerprint density at radius 3 is 2.57 bits per heavy atom. The van der Waals surface area contributed by atoms with Crippen molar-refractivity contribution in [3.63, 3.8) is 0 Å². The van der Waals surface area contributed by atoms with Crippen molar-refractivity contribution in [2.45, 2.75) is 18.9 Å². The van der Waals surface area contributed by atoms with Crippen molar-refractivity contribution in [3.8, 4) is 5.75 Å². The highest BCUT2D eigenvalue weighted by Gasteiger charge is 2.21. The Kier molecular flexibility index (Phi) is 6.48. The number of halogens is 1. The van der Waals surface area contributed by atoms with E-state index in [9.17, 15) is 14.4 Å². The summed E-state index contributed by atoms with van der Waals surface area (Å²) in [5.74, 6) is -2.27. The highest BCUT2D eigenvalue weighted by Crippen LogP contribution is 2.22. The van der Waals surface area contributed by atoms with Gasteiger partial charge in [-0.1, -0.05) is 23.7 Å². The van der Waals surface area contributed by atoms with Gasteiger partial charge in [-0.2, -0.15) is 0 Å². The third-order valence-electron chi connectivity index (χ3n) is 2.46. The zero-order valence-electron chi connectivity index (χ0n) is 11.0. The van der Waals surface area contributed by atoms with Crippen LogP contribution >= 0.6 is 11.6 Å². The number of benzene rings is 1. The van der Waals surface area contributed by atoms with E-state index in [2.05, 4.69) is 5.32 Å². The first kappa shape index (κ1) is 16.8. The molecule has 8 heteroatoms. The van der Waals surface area contributed by atoms with Crippen molar-refractivity contribution >= 4 is 29.4 Å². The van der Waals surface area contributed by atoms with Gasteiger partial charge in [0.05, 0.1) is 24.5 Å². The van der Waals surface area contributed by atoms with Gasteiger partial charge in [0, 0.05) is 0 Å². The maximum atomic E-state index is 11.6. The number of carboxylic acids is 1. The molecule has 0 unspecified atom stereocenters. The molecule has 0 heterocycles. The van der Waals surface area contributed by atoms with Crippen molar-refractivity contribution in [1.82, 2.24) is 5.32 Å². The molecule has 0 aliphatic heterocycles. The SMILES string of the molecule is NC(=O)C[C@@H](NC(=O)CCOc1ccccc1Cl)C(=O)O. The number of carbonyl (C=O) groups is 3. The van der Waals surface area contributed by atoms with Gasteiger partial charge < -0.3 is 20.9 Å². The van der Waals surface area contributed by atoms with E-state index in [0.717, 1.165) is 0 Å². The summed E-state index contributed by atoms with van der Waals surface area (Å²) in [6.07, 6.45) is -0.541. The lowest BCUT2D eigenvalue weighted by Gasteiger charge is -2.13. The highest BCUT2D eigenvalue weighted by atomic mass is 35.5. The molecule has 0 aromatic heterocycles. The van der Waals surface area contributed by atoms with Crippen LogP contribution in [0.4, 0.5) is 0 Å². The lowest BCUT2D eigenvalue weighted by Crippen LogP contribution is -2.43. The summed E-state index contributed by atoms with van der Waals surface area (Å²) in [7, 11) is 0. The van der Waals surface area contributed by atoms with E-state index >= 15 is 0 Å². The van der Waals surface area contributed by atoms with E-state index < -0.39 is 30.2 Å². The zero-order valence-corrected chi connectivity index (χ0v) is 11.8. The lowest BCUT2D eigenvalue weighted by atomic mass is 10.2.